The Morgan fingerprint density at radius 1 is 1.30 bits per heavy atom. The molecule has 0 aromatic carbocycles. The number of aromatic nitrogens is 2. The van der Waals surface area contributed by atoms with E-state index in [1.807, 2.05) is 33.2 Å². The van der Waals surface area contributed by atoms with Crippen molar-refractivity contribution >= 4 is 11.5 Å². The highest BCUT2D eigenvalue weighted by atomic mass is 16.5. The van der Waals surface area contributed by atoms with Gasteiger partial charge in [0.15, 0.2) is 5.75 Å². The van der Waals surface area contributed by atoms with Gasteiger partial charge in [0.25, 0.3) is 0 Å². The number of ether oxygens (including phenoxy) is 1. The highest BCUT2D eigenvalue weighted by molar-refractivity contribution is 5.99. The van der Waals surface area contributed by atoms with E-state index in [9.17, 15) is 4.79 Å². The lowest BCUT2D eigenvalue weighted by atomic mass is 9.92. The first-order valence-electron chi connectivity index (χ1n) is 10.2. The third kappa shape index (κ3) is 5.51. The average molecular weight is 375 g/mol. The summed E-state index contributed by atoms with van der Waals surface area (Å²) in [6.45, 7) is 9.21. The van der Waals surface area contributed by atoms with Gasteiger partial charge in [-0.2, -0.15) is 4.98 Å². The molecule has 0 saturated carbocycles. The van der Waals surface area contributed by atoms with Gasteiger partial charge in [-0.25, -0.2) is 9.79 Å². The van der Waals surface area contributed by atoms with E-state index in [4.69, 9.17) is 4.74 Å². The maximum Gasteiger partial charge on any atom is 0.350 e. The first-order valence-corrected chi connectivity index (χ1v) is 10.2. The Balaban J connectivity index is 2.33. The molecule has 150 valence electrons. The van der Waals surface area contributed by atoms with E-state index in [0.717, 1.165) is 43.7 Å². The zero-order chi connectivity index (χ0) is 19.8. The van der Waals surface area contributed by atoms with Gasteiger partial charge in [0.2, 0.25) is 5.82 Å². The van der Waals surface area contributed by atoms with Crippen LogP contribution in [-0.4, -0.2) is 28.9 Å². The molecule has 2 rings (SSSR count). The Labute approximate surface area is 162 Å². The SMILES string of the molecule is C/C=C1/Oc2cn(C(CCCCC)C(C)CCCNC)c(=O)nc2N=C1C. The van der Waals surface area contributed by atoms with Crippen molar-refractivity contribution in [1.82, 2.24) is 14.9 Å². The fourth-order valence-corrected chi connectivity index (χ4v) is 3.60. The van der Waals surface area contributed by atoms with Crippen LogP contribution < -0.4 is 15.7 Å². The number of hydrogen-bond donors (Lipinski definition) is 1. The van der Waals surface area contributed by atoms with E-state index in [1.54, 1.807) is 4.57 Å². The molecule has 1 aromatic rings. The summed E-state index contributed by atoms with van der Waals surface area (Å²) < 4.78 is 7.72. The quantitative estimate of drug-likeness (QED) is 0.617. The number of rotatable bonds is 10. The Bertz CT molecular complexity index is 736. The molecule has 1 aliphatic heterocycles. The molecule has 2 atom stereocenters. The number of allylic oxidation sites excluding steroid dienone is 2. The van der Waals surface area contributed by atoms with Crippen LogP contribution in [0.3, 0.4) is 0 Å². The van der Waals surface area contributed by atoms with Crippen LogP contribution in [0.15, 0.2) is 27.8 Å². The summed E-state index contributed by atoms with van der Waals surface area (Å²) in [6, 6.07) is 0.128. The Hall–Kier alpha value is -1.95. The first-order chi connectivity index (χ1) is 13.0. The van der Waals surface area contributed by atoms with Crippen LogP contribution in [0.25, 0.3) is 0 Å². The molecule has 0 spiro atoms. The zero-order valence-electron chi connectivity index (χ0n) is 17.4. The molecule has 0 amide bonds. The fraction of sp³-hybridized carbons (Fsp3) is 0.667. The van der Waals surface area contributed by atoms with Crippen LogP contribution in [-0.2, 0) is 0 Å². The zero-order valence-corrected chi connectivity index (χ0v) is 17.4. The van der Waals surface area contributed by atoms with Gasteiger partial charge in [-0.15, -0.1) is 0 Å². The van der Waals surface area contributed by atoms with Crippen molar-refractivity contribution in [3.05, 3.63) is 28.5 Å². The van der Waals surface area contributed by atoms with E-state index in [2.05, 4.69) is 29.1 Å². The summed E-state index contributed by atoms with van der Waals surface area (Å²) in [6.07, 6.45) is 10.3. The molecule has 0 saturated heterocycles. The van der Waals surface area contributed by atoms with Crippen molar-refractivity contribution in [2.75, 3.05) is 13.6 Å². The predicted molar refractivity (Wildman–Crippen MR) is 111 cm³/mol. The van der Waals surface area contributed by atoms with E-state index >= 15 is 0 Å². The summed E-state index contributed by atoms with van der Waals surface area (Å²) in [4.78, 5) is 21.4. The van der Waals surface area contributed by atoms with Gasteiger partial charge in [0.05, 0.1) is 11.9 Å². The third-order valence-corrected chi connectivity index (χ3v) is 5.22. The lowest BCUT2D eigenvalue weighted by Crippen LogP contribution is -2.31. The van der Waals surface area contributed by atoms with Crippen LogP contribution in [0.4, 0.5) is 5.82 Å². The van der Waals surface area contributed by atoms with Crippen molar-refractivity contribution < 1.29 is 4.74 Å². The molecule has 0 fully saturated rings. The lowest BCUT2D eigenvalue weighted by molar-refractivity contribution is 0.288. The second-order valence-corrected chi connectivity index (χ2v) is 7.36. The fourth-order valence-electron chi connectivity index (χ4n) is 3.60. The number of aliphatic imine (C=N–C) groups is 1. The molecule has 1 aliphatic rings. The summed E-state index contributed by atoms with van der Waals surface area (Å²) in [5, 5.41) is 3.20. The lowest BCUT2D eigenvalue weighted by Gasteiger charge is -2.27. The van der Waals surface area contributed by atoms with Crippen LogP contribution >= 0.6 is 0 Å². The molecule has 2 unspecified atom stereocenters. The number of fused-ring (bicyclic) bond motifs is 1. The molecule has 1 N–H and O–H groups in total. The number of unbranched alkanes of at least 4 members (excludes halogenated alkanes) is 2. The van der Waals surface area contributed by atoms with Gasteiger partial charge in [-0.3, -0.25) is 4.57 Å². The molecular weight excluding hydrogens is 340 g/mol. The third-order valence-electron chi connectivity index (χ3n) is 5.22. The predicted octanol–water partition coefficient (Wildman–Crippen LogP) is 4.39. The normalized spacial score (nSPS) is 17.2. The van der Waals surface area contributed by atoms with E-state index in [-0.39, 0.29) is 11.7 Å². The molecule has 0 bridgehead atoms. The van der Waals surface area contributed by atoms with Gasteiger partial charge in [0, 0.05) is 6.04 Å². The Morgan fingerprint density at radius 2 is 2.07 bits per heavy atom. The smallest absolute Gasteiger partial charge is 0.350 e. The standard InChI is InChI=1S/C21H34N4O2/c1-6-8-9-12-17(15(3)11-10-13-22-5)25-14-19-20(24-21(25)26)23-16(4)18(7-2)27-19/h7,14-15,17,22H,6,8-13H2,1-5H3/b18-7+. The van der Waals surface area contributed by atoms with Gasteiger partial charge in [-0.1, -0.05) is 33.1 Å². The van der Waals surface area contributed by atoms with Gasteiger partial charge < -0.3 is 10.1 Å². The number of hydrogen-bond acceptors (Lipinski definition) is 5. The Kier molecular flexibility index (Phi) is 8.23. The van der Waals surface area contributed by atoms with E-state index < -0.39 is 0 Å². The number of nitrogens with zero attached hydrogens (tertiary/aromatic N) is 3. The minimum atomic E-state index is -0.236. The monoisotopic (exact) mass is 374 g/mol. The van der Waals surface area contributed by atoms with Crippen LogP contribution in [0.5, 0.6) is 5.75 Å². The van der Waals surface area contributed by atoms with E-state index in [1.165, 1.54) is 12.8 Å². The maximum absolute atomic E-state index is 12.8. The summed E-state index contributed by atoms with van der Waals surface area (Å²) in [7, 11) is 1.97. The first kappa shape index (κ1) is 21.4. The van der Waals surface area contributed by atoms with Gasteiger partial charge in [-0.05, 0) is 58.7 Å². The highest BCUT2D eigenvalue weighted by Crippen LogP contribution is 2.33. The summed E-state index contributed by atoms with van der Waals surface area (Å²) in [5.74, 6) is 2.06. The van der Waals surface area contributed by atoms with Crippen molar-refractivity contribution in [3.8, 4) is 5.75 Å². The molecule has 2 heterocycles. The summed E-state index contributed by atoms with van der Waals surface area (Å²) in [5.41, 5.74) is 0.509. The van der Waals surface area contributed by atoms with Gasteiger partial charge >= 0.3 is 5.69 Å². The average Bonchev–Trinajstić information content (AvgIpc) is 2.65. The Morgan fingerprint density at radius 3 is 2.74 bits per heavy atom. The molecule has 6 nitrogen and oxygen atoms in total. The van der Waals surface area contributed by atoms with Crippen LogP contribution in [0.1, 0.15) is 72.3 Å². The van der Waals surface area contributed by atoms with Gasteiger partial charge in [0.1, 0.15) is 5.76 Å². The van der Waals surface area contributed by atoms with Crippen molar-refractivity contribution in [2.24, 2.45) is 10.9 Å². The van der Waals surface area contributed by atoms with Crippen molar-refractivity contribution in [1.29, 1.82) is 0 Å². The molecule has 1 aromatic heterocycles. The molecular formula is C21H34N4O2. The summed E-state index contributed by atoms with van der Waals surface area (Å²) >= 11 is 0. The van der Waals surface area contributed by atoms with Crippen LogP contribution in [0, 0.1) is 5.92 Å². The molecule has 27 heavy (non-hydrogen) atoms. The maximum atomic E-state index is 12.8. The van der Waals surface area contributed by atoms with Crippen molar-refractivity contribution in [3.63, 3.8) is 0 Å². The number of nitrogens with one attached hydrogen (secondary N) is 1. The van der Waals surface area contributed by atoms with Crippen LogP contribution in [0.2, 0.25) is 0 Å². The minimum absolute atomic E-state index is 0.128. The van der Waals surface area contributed by atoms with Crippen molar-refractivity contribution in [2.45, 2.75) is 72.3 Å². The second-order valence-electron chi connectivity index (χ2n) is 7.36. The largest absolute Gasteiger partial charge is 0.450 e. The molecule has 0 radical (unpaired) electrons. The molecule has 0 aliphatic carbocycles. The minimum Gasteiger partial charge on any atom is -0.450 e. The molecule has 6 heteroatoms. The van der Waals surface area contributed by atoms with E-state index in [0.29, 0.717) is 17.5 Å². The topological polar surface area (TPSA) is 68.5 Å². The second kappa shape index (κ2) is 10.4. The highest BCUT2D eigenvalue weighted by Gasteiger charge is 2.24.